The number of aryl methyl sites for hydroxylation is 1. The second-order valence-corrected chi connectivity index (χ2v) is 7.53. The molecule has 0 bridgehead atoms. The first-order valence-electron chi connectivity index (χ1n) is 7.25. The summed E-state index contributed by atoms with van der Waals surface area (Å²) in [7, 11) is -3.37. The van der Waals surface area contributed by atoms with Crippen molar-refractivity contribution in [2.45, 2.75) is 25.5 Å². The van der Waals surface area contributed by atoms with Crippen molar-refractivity contribution in [3.05, 3.63) is 59.7 Å². The lowest BCUT2D eigenvalue weighted by Crippen LogP contribution is -2.13. The van der Waals surface area contributed by atoms with Gasteiger partial charge in [-0.3, -0.25) is 0 Å². The first-order chi connectivity index (χ1) is 10.5. The smallest absolute Gasteiger partial charge is 0.229 e. The van der Waals surface area contributed by atoms with Gasteiger partial charge in [0.15, 0.2) is 0 Å². The topological polar surface area (TPSA) is 52.0 Å². The van der Waals surface area contributed by atoms with E-state index in [9.17, 15) is 8.42 Å². The predicted octanol–water partition coefficient (Wildman–Crippen LogP) is 3.19. The molecule has 0 radical (unpaired) electrons. The van der Waals surface area contributed by atoms with Crippen LogP contribution in [-0.4, -0.2) is 23.7 Å². The van der Waals surface area contributed by atoms with E-state index in [2.05, 4.69) is 4.98 Å². The second-order valence-electron chi connectivity index (χ2n) is 5.36. The Kier molecular flexibility index (Phi) is 3.74. The highest BCUT2D eigenvalue weighted by Gasteiger charge is 2.21. The lowest BCUT2D eigenvalue weighted by atomic mass is 10.1. The summed E-state index contributed by atoms with van der Waals surface area (Å²) in [5.74, 6) is 0.0459. The molecule has 0 amide bonds. The summed E-state index contributed by atoms with van der Waals surface area (Å²) in [5, 5.41) is 0.150. The monoisotopic (exact) mass is 314 g/mol. The second kappa shape index (κ2) is 5.57. The molecule has 4 nitrogen and oxygen atoms in total. The van der Waals surface area contributed by atoms with Crippen molar-refractivity contribution in [1.82, 2.24) is 9.55 Å². The average Bonchev–Trinajstić information content (AvgIpc) is 2.89. The molecule has 1 aromatic heterocycles. The quantitative estimate of drug-likeness (QED) is 0.743. The van der Waals surface area contributed by atoms with Crippen LogP contribution >= 0.6 is 0 Å². The van der Waals surface area contributed by atoms with Crippen LogP contribution in [0.3, 0.4) is 0 Å². The van der Waals surface area contributed by atoms with Crippen LogP contribution in [0.4, 0.5) is 0 Å². The number of imidazole rings is 1. The van der Waals surface area contributed by atoms with Crippen LogP contribution in [0, 0.1) is 6.92 Å². The van der Waals surface area contributed by atoms with E-state index in [0.29, 0.717) is 12.1 Å². The third-order valence-corrected chi connectivity index (χ3v) is 5.37. The van der Waals surface area contributed by atoms with Gasteiger partial charge < -0.3 is 4.57 Å². The lowest BCUT2D eigenvalue weighted by molar-refractivity contribution is 0.576. The van der Waals surface area contributed by atoms with E-state index in [1.807, 2.05) is 55.5 Å². The fourth-order valence-corrected chi connectivity index (χ4v) is 3.44. The molecule has 1 heterocycles. The molecule has 2 aromatic carbocycles. The summed E-state index contributed by atoms with van der Waals surface area (Å²) in [6.07, 6.45) is 0. The molecule has 22 heavy (non-hydrogen) atoms. The molecule has 0 N–H and O–H groups in total. The molecule has 3 aromatic rings. The number of aromatic nitrogens is 2. The van der Waals surface area contributed by atoms with E-state index in [-0.39, 0.29) is 10.9 Å². The number of hydrogen-bond acceptors (Lipinski definition) is 3. The first kappa shape index (κ1) is 14.8. The molecule has 0 atom stereocenters. The highest BCUT2D eigenvalue weighted by molar-refractivity contribution is 7.91. The molecule has 0 spiro atoms. The maximum atomic E-state index is 12.4. The van der Waals surface area contributed by atoms with E-state index >= 15 is 0 Å². The fraction of sp³-hybridized carbons (Fsp3) is 0.235. The Morgan fingerprint density at radius 2 is 1.73 bits per heavy atom. The molecule has 0 aliphatic carbocycles. The molecular weight excluding hydrogens is 296 g/mol. The largest absolute Gasteiger partial charge is 0.310 e. The molecule has 3 rings (SSSR count). The van der Waals surface area contributed by atoms with Crippen molar-refractivity contribution in [3.63, 3.8) is 0 Å². The first-order valence-corrected chi connectivity index (χ1v) is 8.90. The number of rotatable bonds is 4. The Bertz CT molecular complexity index is 909. The van der Waals surface area contributed by atoms with Crippen molar-refractivity contribution in [2.75, 3.05) is 5.75 Å². The molecule has 0 fully saturated rings. The summed E-state index contributed by atoms with van der Waals surface area (Å²) in [6.45, 7) is 4.17. The van der Waals surface area contributed by atoms with Gasteiger partial charge in [0, 0.05) is 0 Å². The van der Waals surface area contributed by atoms with Crippen molar-refractivity contribution >= 4 is 20.9 Å². The third kappa shape index (κ3) is 2.64. The summed E-state index contributed by atoms with van der Waals surface area (Å²) in [5.41, 5.74) is 3.79. The number of benzene rings is 2. The minimum atomic E-state index is -3.37. The van der Waals surface area contributed by atoms with Gasteiger partial charge in [0.05, 0.1) is 23.3 Å². The zero-order chi connectivity index (χ0) is 15.7. The highest BCUT2D eigenvalue weighted by Crippen LogP contribution is 2.22. The van der Waals surface area contributed by atoms with Gasteiger partial charge in [-0.1, -0.05) is 48.9 Å². The SMILES string of the molecule is CCS(=O)(=O)c1nc2ccccc2n1Cc1ccc(C)cc1. The fourth-order valence-electron chi connectivity index (χ4n) is 2.45. The number of hydrogen-bond donors (Lipinski definition) is 0. The van der Waals surface area contributed by atoms with Gasteiger partial charge in [-0.25, -0.2) is 13.4 Å². The van der Waals surface area contributed by atoms with E-state index in [0.717, 1.165) is 11.1 Å². The van der Waals surface area contributed by atoms with Crippen molar-refractivity contribution in [2.24, 2.45) is 0 Å². The number of fused-ring (bicyclic) bond motifs is 1. The maximum absolute atomic E-state index is 12.4. The van der Waals surface area contributed by atoms with Crippen molar-refractivity contribution in [3.8, 4) is 0 Å². The normalized spacial score (nSPS) is 11.9. The van der Waals surface area contributed by atoms with E-state index < -0.39 is 9.84 Å². The van der Waals surface area contributed by atoms with Gasteiger partial charge in [-0.15, -0.1) is 0 Å². The minimum absolute atomic E-state index is 0.0459. The van der Waals surface area contributed by atoms with Crippen LogP contribution in [0.1, 0.15) is 18.1 Å². The third-order valence-electron chi connectivity index (χ3n) is 3.74. The van der Waals surface area contributed by atoms with Crippen LogP contribution in [0.5, 0.6) is 0 Å². The molecule has 0 aliphatic rings. The molecule has 0 saturated carbocycles. The number of sulfone groups is 1. The molecule has 0 aliphatic heterocycles. The Morgan fingerprint density at radius 3 is 2.41 bits per heavy atom. The van der Waals surface area contributed by atoms with Gasteiger partial charge in [0.1, 0.15) is 0 Å². The number of para-hydroxylation sites is 2. The van der Waals surface area contributed by atoms with E-state index in [4.69, 9.17) is 0 Å². The van der Waals surface area contributed by atoms with Crippen LogP contribution < -0.4 is 0 Å². The van der Waals surface area contributed by atoms with Crippen molar-refractivity contribution < 1.29 is 8.42 Å². The van der Waals surface area contributed by atoms with Crippen LogP contribution in [-0.2, 0) is 16.4 Å². The number of nitrogens with zero attached hydrogens (tertiary/aromatic N) is 2. The molecule has 0 unspecified atom stereocenters. The molecule has 114 valence electrons. The van der Waals surface area contributed by atoms with Crippen LogP contribution in [0.2, 0.25) is 0 Å². The van der Waals surface area contributed by atoms with E-state index in [1.54, 1.807) is 11.5 Å². The Hall–Kier alpha value is -2.14. The maximum Gasteiger partial charge on any atom is 0.229 e. The van der Waals surface area contributed by atoms with Crippen molar-refractivity contribution in [1.29, 1.82) is 0 Å². The Labute approximate surface area is 130 Å². The van der Waals surface area contributed by atoms with E-state index in [1.165, 1.54) is 5.56 Å². The van der Waals surface area contributed by atoms with Gasteiger partial charge in [0.2, 0.25) is 15.0 Å². The molecule has 5 heteroatoms. The zero-order valence-corrected chi connectivity index (χ0v) is 13.5. The summed E-state index contributed by atoms with van der Waals surface area (Å²) in [6, 6.07) is 15.6. The molecule has 0 saturated heterocycles. The minimum Gasteiger partial charge on any atom is -0.310 e. The standard InChI is InChI=1S/C17H18N2O2S/c1-3-22(20,21)17-18-15-6-4-5-7-16(15)19(17)12-14-10-8-13(2)9-11-14/h4-11H,3,12H2,1-2H3. The lowest BCUT2D eigenvalue weighted by Gasteiger charge is -2.09. The Balaban J connectivity index is 2.17. The molecular formula is C17H18N2O2S. The highest BCUT2D eigenvalue weighted by atomic mass is 32.2. The summed E-state index contributed by atoms with van der Waals surface area (Å²) >= 11 is 0. The van der Waals surface area contributed by atoms with Crippen LogP contribution in [0.15, 0.2) is 53.7 Å². The predicted molar refractivity (Wildman–Crippen MR) is 87.7 cm³/mol. The van der Waals surface area contributed by atoms with Gasteiger partial charge in [0.25, 0.3) is 0 Å². The zero-order valence-electron chi connectivity index (χ0n) is 12.7. The average molecular weight is 314 g/mol. The van der Waals surface area contributed by atoms with Crippen LogP contribution in [0.25, 0.3) is 11.0 Å². The summed E-state index contributed by atoms with van der Waals surface area (Å²) in [4.78, 5) is 4.34. The van der Waals surface area contributed by atoms with Gasteiger partial charge >= 0.3 is 0 Å². The van der Waals surface area contributed by atoms with Gasteiger partial charge in [-0.2, -0.15) is 0 Å². The Morgan fingerprint density at radius 1 is 1.05 bits per heavy atom. The van der Waals surface area contributed by atoms with Gasteiger partial charge in [-0.05, 0) is 24.6 Å². The summed E-state index contributed by atoms with van der Waals surface area (Å²) < 4.78 is 26.5.